The van der Waals surface area contributed by atoms with Crippen LogP contribution in [0.25, 0.3) is 0 Å². The molecule has 0 amide bonds. The molecular formula is C12H11BrN4OS. The minimum Gasteiger partial charge on any atom is -0.409 e. The van der Waals surface area contributed by atoms with Crippen LogP contribution in [0.1, 0.15) is 11.3 Å². The Hall–Kier alpha value is -1.60. The van der Waals surface area contributed by atoms with E-state index in [9.17, 15) is 0 Å². The minimum absolute atomic E-state index is 0.0658. The number of hydrogen-bond donors (Lipinski definition) is 2. The second kappa shape index (κ2) is 6.03. The van der Waals surface area contributed by atoms with Crippen LogP contribution < -0.4 is 5.73 Å². The largest absolute Gasteiger partial charge is 0.409 e. The van der Waals surface area contributed by atoms with E-state index in [4.69, 9.17) is 10.9 Å². The monoisotopic (exact) mass is 338 g/mol. The topological polar surface area (TPSA) is 84.4 Å². The van der Waals surface area contributed by atoms with Gasteiger partial charge in [0.15, 0.2) is 5.84 Å². The van der Waals surface area contributed by atoms with Crippen molar-refractivity contribution in [3.05, 3.63) is 46.2 Å². The van der Waals surface area contributed by atoms with E-state index in [-0.39, 0.29) is 5.84 Å². The first-order valence-corrected chi connectivity index (χ1v) is 6.95. The molecule has 2 aromatic rings. The molecule has 0 aromatic carbocycles. The highest BCUT2D eigenvalue weighted by atomic mass is 79.9. The molecule has 19 heavy (non-hydrogen) atoms. The lowest BCUT2D eigenvalue weighted by atomic mass is 10.2. The molecule has 2 rings (SSSR count). The van der Waals surface area contributed by atoms with E-state index >= 15 is 0 Å². The van der Waals surface area contributed by atoms with Crippen molar-refractivity contribution in [2.24, 2.45) is 10.9 Å². The van der Waals surface area contributed by atoms with Crippen LogP contribution in [-0.2, 0) is 0 Å². The molecule has 0 atom stereocenters. The second-order valence-corrected chi connectivity index (χ2v) is 5.69. The summed E-state index contributed by atoms with van der Waals surface area (Å²) in [6, 6.07) is 7.32. The van der Waals surface area contributed by atoms with Crippen molar-refractivity contribution in [1.29, 1.82) is 0 Å². The van der Waals surface area contributed by atoms with E-state index in [0.29, 0.717) is 5.56 Å². The fourth-order valence-corrected chi connectivity index (χ4v) is 2.49. The molecule has 0 saturated carbocycles. The number of nitrogens with two attached hydrogens (primary N) is 1. The molecule has 3 N–H and O–H groups in total. The minimum atomic E-state index is 0.0658. The molecule has 0 saturated heterocycles. The number of pyridine rings is 2. The van der Waals surface area contributed by atoms with Crippen LogP contribution >= 0.6 is 27.7 Å². The van der Waals surface area contributed by atoms with E-state index in [1.54, 1.807) is 18.3 Å². The van der Waals surface area contributed by atoms with Gasteiger partial charge in [0.25, 0.3) is 0 Å². The quantitative estimate of drug-likeness (QED) is 0.389. The first-order valence-electron chi connectivity index (χ1n) is 5.34. The average Bonchev–Trinajstić information content (AvgIpc) is 2.40. The molecule has 0 aliphatic carbocycles. The van der Waals surface area contributed by atoms with E-state index in [1.165, 1.54) is 11.8 Å². The van der Waals surface area contributed by atoms with Crippen molar-refractivity contribution in [2.75, 3.05) is 0 Å². The van der Waals surface area contributed by atoms with E-state index < -0.39 is 0 Å². The van der Waals surface area contributed by atoms with Crippen LogP contribution in [0.15, 0.2) is 50.1 Å². The smallest absolute Gasteiger partial charge is 0.170 e. The fourth-order valence-electron chi connectivity index (χ4n) is 1.43. The molecule has 0 aliphatic heterocycles. The first-order chi connectivity index (χ1) is 9.08. The summed E-state index contributed by atoms with van der Waals surface area (Å²) in [5.41, 5.74) is 7.02. The van der Waals surface area contributed by atoms with Crippen LogP contribution in [0, 0.1) is 6.92 Å². The van der Waals surface area contributed by atoms with E-state index in [2.05, 4.69) is 31.1 Å². The van der Waals surface area contributed by atoms with Gasteiger partial charge in [-0.15, -0.1) is 0 Å². The van der Waals surface area contributed by atoms with Crippen LogP contribution in [0.4, 0.5) is 0 Å². The van der Waals surface area contributed by atoms with Gasteiger partial charge in [-0.2, -0.15) is 0 Å². The highest BCUT2D eigenvalue weighted by molar-refractivity contribution is 9.10. The number of rotatable bonds is 3. The van der Waals surface area contributed by atoms with Gasteiger partial charge in [0.2, 0.25) is 0 Å². The Morgan fingerprint density at radius 3 is 2.79 bits per heavy atom. The summed E-state index contributed by atoms with van der Waals surface area (Å²) >= 11 is 4.75. The van der Waals surface area contributed by atoms with Crippen LogP contribution in [0.2, 0.25) is 0 Å². The van der Waals surface area contributed by atoms with Gasteiger partial charge in [-0.25, -0.2) is 9.97 Å². The molecule has 2 aromatic heterocycles. The Morgan fingerprint density at radius 1 is 1.37 bits per heavy atom. The van der Waals surface area contributed by atoms with Gasteiger partial charge in [0.1, 0.15) is 10.1 Å². The van der Waals surface area contributed by atoms with Crippen molar-refractivity contribution in [3.63, 3.8) is 0 Å². The maximum absolute atomic E-state index is 8.71. The zero-order chi connectivity index (χ0) is 13.8. The average molecular weight is 339 g/mol. The summed E-state index contributed by atoms with van der Waals surface area (Å²) in [6.07, 6.45) is 1.72. The van der Waals surface area contributed by atoms with Crippen molar-refractivity contribution >= 4 is 33.5 Å². The molecule has 0 unspecified atom stereocenters. The standard InChI is InChI=1S/C12H11BrN4OS/c1-7-4-8(12(14)17-18)5-11(16-7)19-10-3-2-9(13)6-15-10/h2-6,18H,1H3,(H2,14,17). The van der Waals surface area contributed by atoms with Gasteiger partial charge in [-0.3, -0.25) is 0 Å². The lowest BCUT2D eigenvalue weighted by Gasteiger charge is -2.05. The number of aromatic nitrogens is 2. The number of hydrogen-bond acceptors (Lipinski definition) is 5. The predicted octanol–water partition coefficient (Wildman–Crippen LogP) is 2.79. The van der Waals surface area contributed by atoms with Gasteiger partial charge < -0.3 is 10.9 Å². The van der Waals surface area contributed by atoms with E-state index in [1.807, 2.05) is 19.1 Å². The van der Waals surface area contributed by atoms with E-state index in [0.717, 1.165) is 20.2 Å². The second-order valence-electron chi connectivity index (χ2n) is 3.74. The van der Waals surface area contributed by atoms with Gasteiger partial charge in [-0.1, -0.05) is 16.9 Å². The van der Waals surface area contributed by atoms with Gasteiger partial charge in [0, 0.05) is 21.9 Å². The molecule has 0 spiro atoms. The highest BCUT2D eigenvalue weighted by Crippen LogP contribution is 2.26. The van der Waals surface area contributed by atoms with Crippen LogP contribution in [0.3, 0.4) is 0 Å². The summed E-state index contributed by atoms with van der Waals surface area (Å²) < 4.78 is 0.923. The normalized spacial score (nSPS) is 11.6. The number of nitrogens with zero attached hydrogens (tertiary/aromatic N) is 3. The lowest BCUT2D eigenvalue weighted by molar-refractivity contribution is 0.318. The lowest BCUT2D eigenvalue weighted by Crippen LogP contribution is -2.13. The molecule has 2 heterocycles. The van der Waals surface area contributed by atoms with Crippen LogP contribution in [0.5, 0.6) is 0 Å². The van der Waals surface area contributed by atoms with Crippen molar-refractivity contribution in [1.82, 2.24) is 9.97 Å². The third kappa shape index (κ3) is 3.68. The first kappa shape index (κ1) is 13.8. The maximum atomic E-state index is 8.71. The molecule has 0 aliphatic rings. The van der Waals surface area contributed by atoms with Gasteiger partial charge in [0.05, 0.1) is 0 Å². The fraction of sp³-hybridized carbons (Fsp3) is 0.0833. The molecule has 0 bridgehead atoms. The molecule has 5 nitrogen and oxygen atoms in total. The number of amidine groups is 1. The SMILES string of the molecule is Cc1cc(/C(N)=N/O)cc(Sc2ccc(Br)cn2)n1. The molecule has 98 valence electrons. The Kier molecular flexibility index (Phi) is 4.39. The zero-order valence-corrected chi connectivity index (χ0v) is 12.4. The molecular weight excluding hydrogens is 328 g/mol. The third-order valence-corrected chi connectivity index (χ3v) is 3.58. The Balaban J connectivity index is 2.30. The Bertz CT molecular complexity index is 616. The summed E-state index contributed by atoms with van der Waals surface area (Å²) in [5, 5.41) is 13.3. The molecule has 0 radical (unpaired) electrons. The summed E-state index contributed by atoms with van der Waals surface area (Å²) in [7, 11) is 0. The molecule has 0 fully saturated rings. The van der Waals surface area contributed by atoms with Gasteiger partial charge >= 0.3 is 0 Å². The van der Waals surface area contributed by atoms with Crippen molar-refractivity contribution in [3.8, 4) is 0 Å². The zero-order valence-electron chi connectivity index (χ0n) is 10.0. The number of halogens is 1. The predicted molar refractivity (Wildman–Crippen MR) is 77.5 cm³/mol. The van der Waals surface area contributed by atoms with Crippen molar-refractivity contribution < 1.29 is 5.21 Å². The Morgan fingerprint density at radius 2 is 2.16 bits per heavy atom. The van der Waals surface area contributed by atoms with Gasteiger partial charge in [-0.05, 0) is 47.1 Å². The maximum Gasteiger partial charge on any atom is 0.170 e. The number of aryl methyl sites for hydroxylation is 1. The van der Waals surface area contributed by atoms with Crippen molar-refractivity contribution in [2.45, 2.75) is 17.0 Å². The third-order valence-electron chi connectivity index (χ3n) is 2.24. The summed E-state index contributed by atoms with van der Waals surface area (Å²) in [6.45, 7) is 1.85. The summed E-state index contributed by atoms with van der Waals surface area (Å²) in [4.78, 5) is 8.65. The Labute approximate surface area is 123 Å². The molecule has 7 heteroatoms. The summed E-state index contributed by atoms with van der Waals surface area (Å²) in [5.74, 6) is 0.0658. The number of oxime groups is 1. The van der Waals surface area contributed by atoms with Crippen LogP contribution in [-0.4, -0.2) is 21.0 Å². The highest BCUT2D eigenvalue weighted by Gasteiger charge is 2.06.